The first-order chi connectivity index (χ1) is 13.0. The number of carbonyl (C=O) groups is 3. The second-order valence-electron chi connectivity index (χ2n) is 5.97. The standard InChI is InChI=1S/C19H24N4O4/c1-3-23(12-18(25)20-11-17-5-4-10-27-17)13-19(26)22-16-8-6-15(7-9-16)21-14(2)24/h4-10H,3,11-13H2,1-2H3,(H,20,25)(H,21,24)(H,22,26). The van der Waals surface area contributed by atoms with Crippen LogP contribution < -0.4 is 16.0 Å². The van der Waals surface area contributed by atoms with Gasteiger partial charge in [-0.15, -0.1) is 0 Å². The molecule has 0 fully saturated rings. The van der Waals surface area contributed by atoms with Crippen molar-refractivity contribution in [2.24, 2.45) is 0 Å². The molecule has 0 spiro atoms. The summed E-state index contributed by atoms with van der Waals surface area (Å²) in [6.07, 6.45) is 1.55. The van der Waals surface area contributed by atoms with Crippen LogP contribution >= 0.6 is 0 Å². The van der Waals surface area contributed by atoms with Gasteiger partial charge in [0, 0.05) is 18.3 Å². The van der Waals surface area contributed by atoms with Crippen molar-refractivity contribution in [1.29, 1.82) is 0 Å². The number of hydrogen-bond donors (Lipinski definition) is 3. The van der Waals surface area contributed by atoms with Crippen molar-refractivity contribution >= 4 is 29.1 Å². The van der Waals surface area contributed by atoms with Crippen molar-refractivity contribution in [2.75, 3.05) is 30.3 Å². The second kappa shape index (κ2) is 10.1. The molecule has 3 N–H and O–H groups in total. The third-order valence-electron chi connectivity index (χ3n) is 3.71. The monoisotopic (exact) mass is 372 g/mol. The van der Waals surface area contributed by atoms with E-state index in [4.69, 9.17) is 4.42 Å². The molecule has 8 heteroatoms. The Morgan fingerprint density at radius 2 is 1.59 bits per heavy atom. The lowest BCUT2D eigenvalue weighted by Gasteiger charge is -2.19. The Balaban J connectivity index is 1.78. The zero-order valence-corrected chi connectivity index (χ0v) is 15.5. The Hall–Kier alpha value is -3.13. The summed E-state index contributed by atoms with van der Waals surface area (Å²) < 4.78 is 5.16. The zero-order valence-electron chi connectivity index (χ0n) is 15.5. The number of rotatable bonds is 9. The maximum absolute atomic E-state index is 12.2. The van der Waals surface area contributed by atoms with Gasteiger partial charge >= 0.3 is 0 Å². The molecule has 0 atom stereocenters. The average molecular weight is 372 g/mol. The summed E-state index contributed by atoms with van der Waals surface area (Å²) in [5.74, 6) is 0.117. The van der Waals surface area contributed by atoms with Gasteiger partial charge in [0.2, 0.25) is 17.7 Å². The van der Waals surface area contributed by atoms with E-state index in [1.54, 1.807) is 47.6 Å². The number of furan rings is 1. The molecule has 0 saturated heterocycles. The van der Waals surface area contributed by atoms with Crippen LogP contribution in [0.2, 0.25) is 0 Å². The summed E-state index contributed by atoms with van der Waals surface area (Å²) in [4.78, 5) is 37.0. The molecule has 2 aromatic rings. The number of amides is 3. The molecule has 27 heavy (non-hydrogen) atoms. The van der Waals surface area contributed by atoms with E-state index in [1.807, 2.05) is 6.92 Å². The van der Waals surface area contributed by atoms with Crippen molar-refractivity contribution < 1.29 is 18.8 Å². The maximum Gasteiger partial charge on any atom is 0.238 e. The quantitative estimate of drug-likeness (QED) is 0.623. The minimum absolute atomic E-state index is 0.0954. The molecule has 0 radical (unpaired) electrons. The van der Waals surface area contributed by atoms with Crippen LogP contribution in [0.15, 0.2) is 47.1 Å². The molecule has 1 aromatic carbocycles. The maximum atomic E-state index is 12.2. The summed E-state index contributed by atoms with van der Waals surface area (Å²) in [6.45, 7) is 4.40. The molecule has 0 aliphatic heterocycles. The highest BCUT2D eigenvalue weighted by Gasteiger charge is 2.13. The van der Waals surface area contributed by atoms with E-state index in [0.717, 1.165) is 0 Å². The van der Waals surface area contributed by atoms with Crippen LogP contribution in [0.5, 0.6) is 0 Å². The fourth-order valence-corrected chi connectivity index (χ4v) is 2.38. The second-order valence-corrected chi connectivity index (χ2v) is 5.97. The van der Waals surface area contributed by atoms with Gasteiger partial charge in [0.05, 0.1) is 25.9 Å². The van der Waals surface area contributed by atoms with E-state index < -0.39 is 0 Å². The minimum Gasteiger partial charge on any atom is -0.467 e. The summed E-state index contributed by atoms with van der Waals surface area (Å²) in [5.41, 5.74) is 1.27. The highest BCUT2D eigenvalue weighted by Crippen LogP contribution is 2.13. The van der Waals surface area contributed by atoms with E-state index >= 15 is 0 Å². The van der Waals surface area contributed by atoms with Crippen molar-refractivity contribution in [3.63, 3.8) is 0 Å². The first-order valence-electron chi connectivity index (χ1n) is 8.65. The lowest BCUT2D eigenvalue weighted by molar-refractivity contribution is -0.123. The van der Waals surface area contributed by atoms with E-state index in [1.165, 1.54) is 6.92 Å². The summed E-state index contributed by atoms with van der Waals surface area (Å²) in [5, 5.41) is 8.19. The van der Waals surface area contributed by atoms with E-state index in [9.17, 15) is 14.4 Å². The van der Waals surface area contributed by atoms with Gasteiger partial charge in [-0.25, -0.2) is 0 Å². The van der Waals surface area contributed by atoms with Crippen molar-refractivity contribution in [3.8, 4) is 0 Å². The lowest BCUT2D eigenvalue weighted by atomic mass is 10.2. The summed E-state index contributed by atoms with van der Waals surface area (Å²) in [7, 11) is 0. The first kappa shape index (κ1) is 20.2. The van der Waals surface area contributed by atoms with Crippen LogP contribution in [0.4, 0.5) is 11.4 Å². The van der Waals surface area contributed by atoms with Crippen molar-refractivity contribution in [3.05, 3.63) is 48.4 Å². The Morgan fingerprint density at radius 3 is 2.15 bits per heavy atom. The van der Waals surface area contributed by atoms with E-state index in [-0.39, 0.29) is 30.8 Å². The highest BCUT2D eigenvalue weighted by atomic mass is 16.3. The Morgan fingerprint density at radius 1 is 0.963 bits per heavy atom. The molecule has 0 unspecified atom stereocenters. The number of anilines is 2. The van der Waals surface area contributed by atoms with Crippen LogP contribution in [0.25, 0.3) is 0 Å². The number of nitrogens with one attached hydrogen (secondary N) is 3. The van der Waals surface area contributed by atoms with Crippen LogP contribution in [0.1, 0.15) is 19.6 Å². The molecule has 0 saturated carbocycles. The van der Waals surface area contributed by atoms with Gasteiger partial charge in [-0.2, -0.15) is 0 Å². The molecule has 0 bridgehead atoms. The van der Waals surface area contributed by atoms with Gasteiger partial charge in [-0.1, -0.05) is 6.92 Å². The number of benzene rings is 1. The van der Waals surface area contributed by atoms with Gasteiger partial charge in [-0.05, 0) is 42.9 Å². The predicted molar refractivity (Wildman–Crippen MR) is 102 cm³/mol. The summed E-state index contributed by atoms with van der Waals surface area (Å²) >= 11 is 0. The minimum atomic E-state index is -0.219. The molecule has 1 aromatic heterocycles. The van der Waals surface area contributed by atoms with Crippen molar-refractivity contribution in [2.45, 2.75) is 20.4 Å². The topological polar surface area (TPSA) is 104 Å². The third-order valence-corrected chi connectivity index (χ3v) is 3.71. The van der Waals surface area contributed by atoms with E-state index in [0.29, 0.717) is 30.2 Å². The third kappa shape index (κ3) is 7.33. The molecule has 3 amide bonds. The fraction of sp³-hybridized carbons (Fsp3) is 0.316. The SMILES string of the molecule is CCN(CC(=O)NCc1ccco1)CC(=O)Nc1ccc(NC(C)=O)cc1. The fourth-order valence-electron chi connectivity index (χ4n) is 2.38. The molecule has 2 rings (SSSR count). The molecule has 144 valence electrons. The van der Waals surface area contributed by atoms with Gasteiger partial charge in [0.1, 0.15) is 5.76 Å². The number of hydrogen-bond acceptors (Lipinski definition) is 5. The molecule has 0 aliphatic carbocycles. The summed E-state index contributed by atoms with van der Waals surface area (Å²) in [6, 6.07) is 10.4. The van der Waals surface area contributed by atoms with Crippen LogP contribution in [-0.2, 0) is 20.9 Å². The van der Waals surface area contributed by atoms with Gasteiger partial charge < -0.3 is 20.4 Å². The van der Waals surface area contributed by atoms with Crippen LogP contribution in [0.3, 0.4) is 0 Å². The van der Waals surface area contributed by atoms with E-state index in [2.05, 4.69) is 16.0 Å². The lowest BCUT2D eigenvalue weighted by Crippen LogP contribution is -2.40. The molecular formula is C19H24N4O4. The average Bonchev–Trinajstić information content (AvgIpc) is 3.14. The number of likely N-dealkylation sites (N-methyl/N-ethyl adjacent to an activating group) is 1. The molecule has 1 heterocycles. The van der Waals surface area contributed by atoms with Crippen molar-refractivity contribution in [1.82, 2.24) is 10.2 Å². The first-order valence-corrected chi connectivity index (χ1v) is 8.65. The molecular weight excluding hydrogens is 348 g/mol. The highest BCUT2D eigenvalue weighted by molar-refractivity contribution is 5.93. The van der Waals surface area contributed by atoms with Gasteiger partial charge in [0.25, 0.3) is 0 Å². The largest absolute Gasteiger partial charge is 0.467 e. The molecule has 0 aliphatic rings. The Labute approximate surface area is 157 Å². The zero-order chi connectivity index (χ0) is 19.6. The molecule has 8 nitrogen and oxygen atoms in total. The number of carbonyl (C=O) groups excluding carboxylic acids is 3. The van der Waals surface area contributed by atoms with Gasteiger partial charge in [0.15, 0.2) is 0 Å². The Kier molecular flexibility index (Phi) is 7.57. The Bertz CT molecular complexity index is 757. The van der Waals surface area contributed by atoms with Gasteiger partial charge in [-0.3, -0.25) is 19.3 Å². The predicted octanol–water partition coefficient (Wildman–Crippen LogP) is 1.81. The number of nitrogens with zero attached hydrogens (tertiary/aromatic N) is 1. The van der Waals surface area contributed by atoms with Crippen LogP contribution in [0, 0.1) is 0 Å². The normalized spacial score (nSPS) is 10.5. The van der Waals surface area contributed by atoms with Crippen LogP contribution in [-0.4, -0.2) is 42.3 Å². The smallest absolute Gasteiger partial charge is 0.238 e.